The highest BCUT2D eigenvalue weighted by molar-refractivity contribution is 5.93. The lowest BCUT2D eigenvalue weighted by Gasteiger charge is -2.19. The van der Waals surface area contributed by atoms with Gasteiger partial charge < -0.3 is 14.6 Å². The van der Waals surface area contributed by atoms with Gasteiger partial charge in [0.25, 0.3) is 5.91 Å². The van der Waals surface area contributed by atoms with Crippen LogP contribution in [0.25, 0.3) is 11.3 Å². The fourth-order valence-electron chi connectivity index (χ4n) is 2.54. The van der Waals surface area contributed by atoms with E-state index >= 15 is 0 Å². The standard InChI is InChI=1S/C16H17FN2O3/c1-10(14-7-4-8-21-14)18-16(20)13-9-15(22-19-13)11-5-2-3-6-12(11)17/h2-3,5-6,9-10,14H,4,7-8H2,1H3,(H,18,20)/t10-,14+/m0/s1. The summed E-state index contributed by atoms with van der Waals surface area (Å²) in [6.07, 6.45) is 1.97. The van der Waals surface area contributed by atoms with Crippen LogP contribution in [-0.2, 0) is 4.74 Å². The zero-order chi connectivity index (χ0) is 15.5. The third-order valence-electron chi connectivity index (χ3n) is 3.76. The number of aromatic nitrogens is 1. The predicted octanol–water partition coefficient (Wildman–Crippen LogP) is 2.78. The summed E-state index contributed by atoms with van der Waals surface area (Å²) in [4.78, 5) is 12.2. The van der Waals surface area contributed by atoms with Gasteiger partial charge >= 0.3 is 0 Å². The van der Waals surface area contributed by atoms with Crippen LogP contribution in [0.1, 0.15) is 30.3 Å². The van der Waals surface area contributed by atoms with Gasteiger partial charge in [-0.25, -0.2) is 4.39 Å². The van der Waals surface area contributed by atoms with Crippen LogP contribution in [0.4, 0.5) is 4.39 Å². The minimum Gasteiger partial charge on any atom is -0.376 e. The lowest BCUT2D eigenvalue weighted by atomic mass is 10.1. The van der Waals surface area contributed by atoms with Gasteiger partial charge in [-0.3, -0.25) is 4.79 Å². The molecule has 0 radical (unpaired) electrons. The summed E-state index contributed by atoms with van der Waals surface area (Å²) >= 11 is 0. The van der Waals surface area contributed by atoms with Crippen LogP contribution in [0.3, 0.4) is 0 Å². The van der Waals surface area contributed by atoms with Gasteiger partial charge in [-0.1, -0.05) is 17.3 Å². The number of hydrogen-bond acceptors (Lipinski definition) is 4. The molecule has 1 aromatic carbocycles. The second-order valence-corrected chi connectivity index (χ2v) is 5.37. The number of ether oxygens (including phenoxy) is 1. The van der Waals surface area contributed by atoms with Gasteiger partial charge in [-0.2, -0.15) is 0 Å². The highest BCUT2D eigenvalue weighted by Gasteiger charge is 2.25. The van der Waals surface area contributed by atoms with Crippen molar-refractivity contribution in [2.24, 2.45) is 0 Å². The maximum Gasteiger partial charge on any atom is 0.273 e. The molecule has 5 nitrogen and oxygen atoms in total. The first-order valence-corrected chi connectivity index (χ1v) is 7.29. The van der Waals surface area contributed by atoms with E-state index in [4.69, 9.17) is 9.26 Å². The molecule has 2 heterocycles. The average Bonchev–Trinajstić information content (AvgIpc) is 3.19. The van der Waals surface area contributed by atoms with E-state index < -0.39 is 5.82 Å². The fourth-order valence-corrected chi connectivity index (χ4v) is 2.54. The van der Waals surface area contributed by atoms with Gasteiger partial charge in [0.15, 0.2) is 11.5 Å². The van der Waals surface area contributed by atoms with Crippen molar-refractivity contribution in [3.05, 3.63) is 41.8 Å². The molecule has 2 aromatic rings. The Morgan fingerprint density at radius 3 is 3.00 bits per heavy atom. The van der Waals surface area contributed by atoms with Crippen LogP contribution in [0.5, 0.6) is 0 Å². The Hall–Kier alpha value is -2.21. The molecule has 1 aliphatic rings. The van der Waals surface area contributed by atoms with Gasteiger partial charge in [0.1, 0.15) is 5.82 Å². The summed E-state index contributed by atoms with van der Waals surface area (Å²) in [7, 11) is 0. The van der Waals surface area contributed by atoms with Crippen molar-refractivity contribution in [1.82, 2.24) is 10.5 Å². The molecule has 116 valence electrons. The van der Waals surface area contributed by atoms with E-state index in [1.807, 2.05) is 6.92 Å². The summed E-state index contributed by atoms with van der Waals surface area (Å²) < 4.78 is 24.3. The van der Waals surface area contributed by atoms with Crippen LogP contribution in [0.15, 0.2) is 34.9 Å². The lowest BCUT2D eigenvalue weighted by molar-refractivity contribution is 0.0707. The minimum absolute atomic E-state index is 0.0295. The number of nitrogens with one attached hydrogen (secondary N) is 1. The third-order valence-corrected chi connectivity index (χ3v) is 3.76. The first-order chi connectivity index (χ1) is 10.6. The molecule has 2 atom stereocenters. The number of halogens is 1. The molecule has 0 aliphatic carbocycles. The molecular formula is C16H17FN2O3. The summed E-state index contributed by atoms with van der Waals surface area (Å²) in [6, 6.07) is 7.52. The molecule has 1 aromatic heterocycles. The SMILES string of the molecule is C[C@H](NC(=O)c1cc(-c2ccccc2F)on1)[C@H]1CCCO1. The molecule has 1 saturated heterocycles. The van der Waals surface area contributed by atoms with Gasteiger partial charge in [0, 0.05) is 12.7 Å². The fraction of sp³-hybridized carbons (Fsp3) is 0.375. The predicted molar refractivity (Wildman–Crippen MR) is 77.8 cm³/mol. The maximum atomic E-state index is 13.7. The molecule has 1 amide bonds. The Morgan fingerprint density at radius 2 is 2.27 bits per heavy atom. The van der Waals surface area contributed by atoms with Crippen molar-refractivity contribution in [2.45, 2.75) is 31.9 Å². The molecule has 3 rings (SSSR count). The Morgan fingerprint density at radius 1 is 1.45 bits per heavy atom. The van der Waals surface area contributed by atoms with Gasteiger partial charge in [0.2, 0.25) is 0 Å². The van der Waals surface area contributed by atoms with E-state index in [0.717, 1.165) is 19.4 Å². The van der Waals surface area contributed by atoms with Crippen molar-refractivity contribution >= 4 is 5.91 Å². The van der Waals surface area contributed by atoms with E-state index in [1.54, 1.807) is 18.2 Å². The zero-order valence-electron chi connectivity index (χ0n) is 12.2. The summed E-state index contributed by atoms with van der Waals surface area (Å²) in [5.41, 5.74) is 0.407. The Kier molecular flexibility index (Phi) is 4.20. The van der Waals surface area contributed by atoms with Crippen LogP contribution < -0.4 is 5.32 Å². The number of nitrogens with zero attached hydrogens (tertiary/aromatic N) is 1. The van der Waals surface area contributed by atoms with Crippen molar-refractivity contribution in [3.8, 4) is 11.3 Å². The van der Waals surface area contributed by atoms with Gasteiger partial charge in [-0.15, -0.1) is 0 Å². The van der Waals surface area contributed by atoms with Gasteiger partial charge in [0.05, 0.1) is 17.7 Å². The van der Waals surface area contributed by atoms with E-state index in [-0.39, 0.29) is 35.1 Å². The largest absolute Gasteiger partial charge is 0.376 e. The topological polar surface area (TPSA) is 64.4 Å². The average molecular weight is 304 g/mol. The summed E-state index contributed by atoms with van der Waals surface area (Å²) in [5, 5.41) is 6.56. The number of carbonyl (C=O) groups is 1. The second-order valence-electron chi connectivity index (χ2n) is 5.37. The first kappa shape index (κ1) is 14.7. The first-order valence-electron chi connectivity index (χ1n) is 7.29. The quantitative estimate of drug-likeness (QED) is 0.943. The van der Waals surface area contributed by atoms with E-state index in [0.29, 0.717) is 0 Å². The van der Waals surface area contributed by atoms with E-state index in [1.165, 1.54) is 12.1 Å². The van der Waals surface area contributed by atoms with Crippen molar-refractivity contribution in [1.29, 1.82) is 0 Å². The monoisotopic (exact) mass is 304 g/mol. The van der Waals surface area contributed by atoms with Crippen molar-refractivity contribution in [2.75, 3.05) is 6.61 Å². The molecule has 1 N–H and O–H groups in total. The molecular weight excluding hydrogens is 287 g/mol. The van der Waals surface area contributed by atoms with Crippen LogP contribution in [-0.4, -0.2) is 29.8 Å². The molecule has 1 aliphatic heterocycles. The Labute approximate surface area is 127 Å². The van der Waals surface area contributed by atoms with Crippen LogP contribution in [0, 0.1) is 5.82 Å². The second kappa shape index (κ2) is 6.27. The molecule has 0 spiro atoms. The minimum atomic E-state index is -0.418. The smallest absolute Gasteiger partial charge is 0.273 e. The molecule has 0 unspecified atom stereocenters. The third kappa shape index (κ3) is 3.01. The van der Waals surface area contributed by atoms with Crippen molar-refractivity contribution in [3.63, 3.8) is 0 Å². The number of rotatable bonds is 4. The van der Waals surface area contributed by atoms with Crippen LogP contribution >= 0.6 is 0 Å². The molecule has 6 heteroatoms. The molecule has 0 bridgehead atoms. The molecule has 0 saturated carbocycles. The Bertz CT molecular complexity index is 665. The number of hydrogen-bond donors (Lipinski definition) is 1. The molecule has 1 fully saturated rings. The van der Waals surface area contributed by atoms with E-state index in [9.17, 15) is 9.18 Å². The normalized spacial score (nSPS) is 19.1. The lowest BCUT2D eigenvalue weighted by Crippen LogP contribution is -2.40. The highest BCUT2D eigenvalue weighted by atomic mass is 19.1. The summed E-state index contributed by atoms with van der Waals surface area (Å²) in [6.45, 7) is 2.62. The number of benzene rings is 1. The highest BCUT2D eigenvalue weighted by Crippen LogP contribution is 2.23. The number of amides is 1. The van der Waals surface area contributed by atoms with Crippen LogP contribution in [0.2, 0.25) is 0 Å². The Balaban J connectivity index is 1.70. The molecule has 22 heavy (non-hydrogen) atoms. The summed E-state index contributed by atoms with van der Waals surface area (Å²) in [5.74, 6) is -0.541. The number of carbonyl (C=O) groups excluding carboxylic acids is 1. The van der Waals surface area contributed by atoms with E-state index in [2.05, 4.69) is 10.5 Å². The zero-order valence-corrected chi connectivity index (χ0v) is 12.2. The van der Waals surface area contributed by atoms with Gasteiger partial charge in [-0.05, 0) is 31.9 Å². The van der Waals surface area contributed by atoms with Crippen molar-refractivity contribution < 1.29 is 18.4 Å². The maximum absolute atomic E-state index is 13.7.